The third kappa shape index (κ3) is 1.31. The van der Waals surface area contributed by atoms with Crippen LogP contribution in [-0.4, -0.2) is 15.3 Å². The smallest absolute Gasteiger partial charge is 0.162 e. The largest absolute Gasteiger partial charge is 0.507 e. The van der Waals surface area contributed by atoms with E-state index < -0.39 is 0 Å². The van der Waals surface area contributed by atoms with Gasteiger partial charge in [-0.1, -0.05) is 13.0 Å². The minimum absolute atomic E-state index is 0.185. The number of aromatic hydroxyl groups is 1. The maximum atomic E-state index is 10.0. The summed E-state index contributed by atoms with van der Waals surface area (Å²) in [6.07, 6.45) is 0. The molecule has 18 heavy (non-hydrogen) atoms. The topological polar surface area (TPSA) is 84.1 Å². The molecule has 0 bridgehead atoms. The molecule has 1 aromatic heterocycles. The zero-order valence-electron chi connectivity index (χ0n) is 10.2. The minimum Gasteiger partial charge on any atom is -0.507 e. The van der Waals surface area contributed by atoms with E-state index >= 15 is 0 Å². The first-order valence-corrected chi connectivity index (χ1v) is 5.80. The van der Waals surface area contributed by atoms with Crippen LogP contribution in [0, 0.1) is 6.92 Å². The number of phenols is 1. The molecular formula is C13H14N4O. The highest BCUT2D eigenvalue weighted by Gasteiger charge is 2.31. The molecule has 2 aromatic rings. The van der Waals surface area contributed by atoms with Crippen LogP contribution in [0.4, 0.5) is 5.82 Å². The third-order valence-corrected chi connectivity index (χ3v) is 3.55. The number of benzene rings is 1. The van der Waals surface area contributed by atoms with Gasteiger partial charge in [-0.3, -0.25) is 0 Å². The number of nitrogens with two attached hydrogens (primary N) is 1. The van der Waals surface area contributed by atoms with E-state index in [1.54, 1.807) is 6.07 Å². The van der Waals surface area contributed by atoms with Gasteiger partial charge in [0.1, 0.15) is 11.4 Å². The maximum Gasteiger partial charge on any atom is 0.162 e. The van der Waals surface area contributed by atoms with Crippen molar-refractivity contribution in [2.45, 2.75) is 19.8 Å². The Morgan fingerprint density at radius 3 is 2.83 bits per heavy atom. The number of nitrogen functional groups attached to an aromatic ring is 1. The Bertz CT molecular complexity index is 639. The first-order chi connectivity index (χ1) is 8.63. The Kier molecular flexibility index (Phi) is 2.24. The Balaban J connectivity index is 2.32. The lowest BCUT2D eigenvalue weighted by Crippen LogP contribution is -2.10. The number of aromatic nitrogens is 2. The van der Waals surface area contributed by atoms with E-state index in [-0.39, 0.29) is 11.7 Å². The molecule has 1 atom stereocenters. The molecule has 0 saturated heterocycles. The fraction of sp³-hybridized carbons (Fsp3) is 0.231. The van der Waals surface area contributed by atoms with Crippen LogP contribution in [0.15, 0.2) is 18.2 Å². The molecule has 0 saturated carbocycles. The second kappa shape index (κ2) is 3.68. The van der Waals surface area contributed by atoms with Crippen molar-refractivity contribution in [2.75, 3.05) is 5.43 Å². The number of aryl methyl sites for hydroxylation is 1. The van der Waals surface area contributed by atoms with E-state index in [1.807, 2.05) is 19.1 Å². The number of hydrogen-bond acceptors (Lipinski definition) is 5. The number of anilines is 1. The Morgan fingerprint density at radius 1 is 1.33 bits per heavy atom. The summed E-state index contributed by atoms with van der Waals surface area (Å²) >= 11 is 0. The molecule has 1 heterocycles. The van der Waals surface area contributed by atoms with Crippen LogP contribution >= 0.6 is 0 Å². The molecule has 5 heteroatoms. The second-order valence-corrected chi connectivity index (χ2v) is 4.59. The SMILES string of the molecule is Cc1ccc(O)c2c1C(C)c1cc(NN)nnc1-2. The van der Waals surface area contributed by atoms with Crippen molar-refractivity contribution in [1.82, 2.24) is 10.2 Å². The molecule has 0 amide bonds. The lowest BCUT2D eigenvalue weighted by atomic mass is 9.95. The third-order valence-electron chi connectivity index (χ3n) is 3.55. The van der Waals surface area contributed by atoms with E-state index in [2.05, 4.69) is 22.5 Å². The summed E-state index contributed by atoms with van der Waals surface area (Å²) in [5.74, 6) is 6.32. The molecule has 5 nitrogen and oxygen atoms in total. The Hall–Kier alpha value is -2.14. The van der Waals surface area contributed by atoms with Crippen LogP contribution in [0.25, 0.3) is 11.3 Å². The average Bonchev–Trinajstić information content (AvgIpc) is 2.68. The quantitative estimate of drug-likeness (QED) is 0.525. The summed E-state index contributed by atoms with van der Waals surface area (Å²) in [5.41, 5.74) is 7.35. The van der Waals surface area contributed by atoms with Gasteiger partial charge in [-0.25, -0.2) is 5.84 Å². The standard InChI is InChI=1S/C13H14N4O/c1-6-3-4-9(18)12-11(6)7(2)8-5-10(15-14)16-17-13(8)12/h3-5,7,18H,14H2,1-2H3,(H,15,16). The Morgan fingerprint density at radius 2 is 2.11 bits per heavy atom. The molecule has 4 N–H and O–H groups in total. The predicted octanol–water partition coefficient (Wildman–Crippen LogP) is 1.91. The van der Waals surface area contributed by atoms with Gasteiger partial charge in [-0.2, -0.15) is 0 Å². The zero-order valence-corrected chi connectivity index (χ0v) is 10.2. The number of rotatable bonds is 1. The van der Waals surface area contributed by atoms with Crippen molar-refractivity contribution in [3.05, 3.63) is 34.9 Å². The molecule has 1 aromatic carbocycles. The molecule has 1 aliphatic rings. The normalized spacial score (nSPS) is 16.3. The van der Waals surface area contributed by atoms with E-state index in [0.29, 0.717) is 5.82 Å². The minimum atomic E-state index is 0.185. The van der Waals surface area contributed by atoms with Gasteiger partial charge in [-0.05, 0) is 35.7 Å². The van der Waals surface area contributed by atoms with Crippen molar-refractivity contribution in [2.24, 2.45) is 5.84 Å². The van der Waals surface area contributed by atoms with Crippen LogP contribution in [0.5, 0.6) is 5.75 Å². The van der Waals surface area contributed by atoms with Crippen LogP contribution in [0.2, 0.25) is 0 Å². The van der Waals surface area contributed by atoms with Gasteiger partial charge in [0.05, 0.1) is 0 Å². The van der Waals surface area contributed by atoms with Crippen molar-refractivity contribution >= 4 is 5.82 Å². The molecule has 0 aliphatic heterocycles. The molecule has 1 unspecified atom stereocenters. The molecule has 0 radical (unpaired) electrons. The van der Waals surface area contributed by atoms with Gasteiger partial charge in [0.25, 0.3) is 0 Å². The van der Waals surface area contributed by atoms with Crippen LogP contribution in [0.1, 0.15) is 29.5 Å². The number of hydrazine groups is 1. The van der Waals surface area contributed by atoms with Crippen LogP contribution < -0.4 is 11.3 Å². The number of hydrogen-bond donors (Lipinski definition) is 3. The predicted molar refractivity (Wildman–Crippen MR) is 69.2 cm³/mol. The lowest BCUT2D eigenvalue weighted by molar-refractivity contribution is 0.476. The average molecular weight is 242 g/mol. The van der Waals surface area contributed by atoms with Crippen molar-refractivity contribution < 1.29 is 5.11 Å². The van der Waals surface area contributed by atoms with Crippen LogP contribution in [0.3, 0.4) is 0 Å². The first-order valence-electron chi connectivity index (χ1n) is 5.80. The summed E-state index contributed by atoms with van der Waals surface area (Å²) in [6, 6.07) is 5.50. The fourth-order valence-corrected chi connectivity index (χ4v) is 2.68. The lowest BCUT2D eigenvalue weighted by Gasteiger charge is -2.10. The van der Waals surface area contributed by atoms with Gasteiger partial charge in [0, 0.05) is 11.5 Å². The van der Waals surface area contributed by atoms with E-state index in [0.717, 1.165) is 27.9 Å². The van der Waals surface area contributed by atoms with Gasteiger partial charge in [0.15, 0.2) is 5.82 Å². The summed E-state index contributed by atoms with van der Waals surface area (Å²) in [7, 11) is 0. The molecule has 3 rings (SSSR count). The monoisotopic (exact) mass is 242 g/mol. The fourth-order valence-electron chi connectivity index (χ4n) is 2.68. The van der Waals surface area contributed by atoms with E-state index in [4.69, 9.17) is 5.84 Å². The second-order valence-electron chi connectivity index (χ2n) is 4.59. The summed E-state index contributed by atoms with van der Waals surface area (Å²) in [4.78, 5) is 0. The molecule has 92 valence electrons. The number of nitrogens with one attached hydrogen (secondary N) is 1. The number of nitrogens with zero attached hydrogens (tertiary/aromatic N) is 2. The van der Waals surface area contributed by atoms with Gasteiger partial charge in [-0.15, -0.1) is 10.2 Å². The first kappa shape index (κ1) is 11.0. The molecule has 1 aliphatic carbocycles. The highest BCUT2D eigenvalue weighted by molar-refractivity contribution is 5.82. The zero-order chi connectivity index (χ0) is 12.9. The maximum absolute atomic E-state index is 10.0. The Labute approximate surface area is 105 Å². The van der Waals surface area contributed by atoms with Crippen molar-refractivity contribution in [3.8, 4) is 17.0 Å². The van der Waals surface area contributed by atoms with Crippen molar-refractivity contribution in [3.63, 3.8) is 0 Å². The van der Waals surface area contributed by atoms with Crippen LogP contribution in [-0.2, 0) is 0 Å². The molecular weight excluding hydrogens is 228 g/mol. The summed E-state index contributed by atoms with van der Waals surface area (Å²) in [6.45, 7) is 4.13. The highest BCUT2D eigenvalue weighted by Crippen LogP contribution is 2.48. The van der Waals surface area contributed by atoms with E-state index in [9.17, 15) is 5.11 Å². The summed E-state index contributed by atoms with van der Waals surface area (Å²) in [5, 5.41) is 18.2. The van der Waals surface area contributed by atoms with Gasteiger partial charge in [0.2, 0.25) is 0 Å². The van der Waals surface area contributed by atoms with Crippen molar-refractivity contribution in [1.29, 1.82) is 0 Å². The van der Waals surface area contributed by atoms with E-state index in [1.165, 1.54) is 0 Å². The summed E-state index contributed by atoms with van der Waals surface area (Å²) < 4.78 is 0. The van der Waals surface area contributed by atoms with Gasteiger partial charge < -0.3 is 10.5 Å². The number of fused-ring (bicyclic) bond motifs is 3. The number of phenolic OH excluding ortho intramolecular Hbond substituents is 1. The molecule has 0 fully saturated rings. The highest BCUT2D eigenvalue weighted by atomic mass is 16.3. The van der Waals surface area contributed by atoms with Gasteiger partial charge >= 0.3 is 0 Å². The molecule has 0 spiro atoms.